The van der Waals surface area contributed by atoms with Gasteiger partial charge in [0.25, 0.3) is 0 Å². The number of aryl methyl sites for hydroxylation is 2. The zero-order valence-corrected chi connectivity index (χ0v) is 13.8. The molecule has 1 unspecified atom stereocenters. The van der Waals surface area contributed by atoms with E-state index in [0.717, 1.165) is 30.8 Å². The van der Waals surface area contributed by atoms with Crippen LogP contribution in [0.3, 0.4) is 0 Å². The highest BCUT2D eigenvalue weighted by Crippen LogP contribution is 2.33. The van der Waals surface area contributed by atoms with E-state index in [1.807, 2.05) is 4.90 Å². The Bertz CT molecular complexity index is 519. The van der Waals surface area contributed by atoms with Crippen LogP contribution < -0.4 is 4.90 Å². The fourth-order valence-corrected chi connectivity index (χ4v) is 3.60. The molecule has 1 atom stereocenters. The van der Waals surface area contributed by atoms with Gasteiger partial charge in [-0.25, -0.2) is 0 Å². The zero-order chi connectivity index (χ0) is 15.4. The molecule has 0 aliphatic carbocycles. The number of amides is 1. The van der Waals surface area contributed by atoms with Gasteiger partial charge in [0.2, 0.25) is 5.91 Å². The first-order valence-electron chi connectivity index (χ1n) is 7.61. The van der Waals surface area contributed by atoms with Gasteiger partial charge >= 0.3 is 0 Å². The lowest BCUT2D eigenvalue weighted by molar-refractivity contribution is -0.117. The lowest BCUT2D eigenvalue weighted by atomic mass is 10.0. The van der Waals surface area contributed by atoms with Crippen molar-refractivity contribution in [3.05, 3.63) is 29.3 Å². The number of nitrogens with zero attached hydrogens (tertiary/aromatic N) is 1. The van der Waals surface area contributed by atoms with Crippen LogP contribution in [0.5, 0.6) is 0 Å². The fraction of sp³-hybridized carbons (Fsp3) is 0.529. The third-order valence-corrected chi connectivity index (χ3v) is 5.01. The van der Waals surface area contributed by atoms with Crippen LogP contribution in [0.1, 0.15) is 38.3 Å². The van der Waals surface area contributed by atoms with Crippen molar-refractivity contribution >= 4 is 28.5 Å². The van der Waals surface area contributed by atoms with Gasteiger partial charge in [-0.15, -0.1) is 0 Å². The predicted molar refractivity (Wildman–Crippen MR) is 88.8 cm³/mol. The number of para-hydroxylation sites is 1. The summed E-state index contributed by atoms with van der Waals surface area (Å²) in [6.07, 6.45) is 2.42. The monoisotopic (exact) mass is 305 g/mol. The summed E-state index contributed by atoms with van der Waals surface area (Å²) in [7, 11) is 0. The van der Waals surface area contributed by atoms with E-state index in [0.29, 0.717) is 6.42 Å². The van der Waals surface area contributed by atoms with Crippen molar-refractivity contribution < 1.29 is 9.59 Å². The molecule has 1 aromatic rings. The van der Waals surface area contributed by atoms with Crippen LogP contribution >= 0.6 is 11.8 Å². The number of carbonyl (C=O) groups excluding carboxylic acids is 2. The molecule has 0 radical (unpaired) electrons. The Labute approximate surface area is 131 Å². The highest BCUT2D eigenvalue weighted by molar-refractivity contribution is 8.13. The van der Waals surface area contributed by atoms with Crippen LogP contribution in [0, 0.1) is 5.92 Å². The molecule has 0 N–H and O–H groups in total. The summed E-state index contributed by atoms with van der Waals surface area (Å²) in [5.41, 5.74) is 3.59. The van der Waals surface area contributed by atoms with E-state index in [-0.39, 0.29) is 16.9 Å². The maximum atomic E-state index is 12.4. The van der Waals surface area contributed by atoms with Crippen LogP contribution in [0.4, 0.5) is 5.69 Å². The Morgan fingerprint density at radius 3 is 2.43 bits per heavy atom. The van der Waals surface area contributed by atoms with Crippen molar-refractivity contribution in [1.29, 1.82) is 0 Å². The maximum Gasteiger partial charge on any atom is 0.227 e. The summed E-state index contributed by atoms with van der Waals surface area (Å²) >= 11 is 1.33. The Morgan fingerprint density at radius 1 is 1.29 bits per heavy atom. The van der Waals surface area contributed by atoms with E-state index in [1.165, 1.54) is 22.9 Å². The minimum absolute atomic E-state index is 0.129. The third kappa shape index (κ3) is 3.67. The quantitative estimate of drug-likeness (QED) is 0.836. The summed E-state index contributed by atoms with van der Waals surface area (Å²) < 4.78 is 0. The number of rotatable bonds is 5. The Kier molecular flexibility index (Phi) is 5.45. The minimum atomic E-state index is 0.129. The van der Waals surface area contributed by atoms with E-state index >= 15 is 0 Å². The highest BCUT2D eigenvalue weighted by Gasteiger charge is 2.32. The molecule has 21 heavy (non-hydrogen) atoms. The summed E-state index contributed by atoms with van der Waals surface area (Å²) in [6.45, 7) is 6.58. The third-order valence-electron chi connectivity index (χ3n) is 3.96. The Balaban J connectivity index is 2.22. The van der Waals surface area contributed by atoms with Crippen molar-refractivity contribution in [2.45, 2.75) is 40.0 Å². The zero-order valence-electron chi connectivity index (χ0n) is 13.0. The van der Waals surface area contributed by atoms with Crippen molar-refractivity contribution in [3.8, 4) is 0 Å². The number of hydrogen-bond donors (Lipinski definition) is 0. The van der Waals surface area contributed by atoms with Gasteiger partial charge in [0.05, 0.1) is 0 Å². The molecule has 1 aliphatic rings. The largest absolute Gasteiger partial charge is 0.312 e. The van der Waals surface area contributed by atoms with Crippen molar-refractivity contribution in [3.63, 3.8) is 0 Å². The summed E-state index contributed by atoms with van der Waals surface area (Å²) in [5, 5.41) is 0.129. The van der Waals surface area contributed by atoms with Gasteiger partial charge in [0.15, 0.2) is 5.12 Å². The number of carbonyl (C=O) groups is 2. The summed E-state index contributed by atoms with van der Waals surface area (Å²) in [5.74, 6) is 1.22. The smallest absolute Gasteiger partial charge is 0.227 e. The normalized spacial score (nSPS) is 18.3. The highest BCUT2D eigenvalue weighted by atomic mass is 32.2. The van der Waals surface area contributed by atoms with Crippen LogP contribution in [0.2, 0.25) is 0 Å². The molecule has 2 rings (SSSR count). The van der Waals surface area contributed by atoms with Gasteiger partial charge < -0.3 is 4.90 Å². The summed E-state index contributed by atoms with van der Waals surface area (Å²) in [4.78, 5) is 25.4. The van der Waals surface area contributed by atoms with E-state index in [4.69, 9.17) is 0 Å². The lowest BCUT2D eigenvalue weighted by Crippen LogP contribution is -2.27. The van der Waals surface area contributed by atoms with Gasteiger partial charge in [-0.1, -0.05) is 43.8 Å². The lowest BCUT2D eigenvalue weighted by Gasteiger charge is -2.23. The van der Waals surface area contributed by atoms with Gasteiger partial charge in [-0.05, 0) is 29.9 Å². The molecule has 0 saturated carbocycles. The molecule has 1 amide bonds. The van der Waals surface area contributed by atoms with E-state index in [1.54, 1.807) is 6.92 Å². The molecule has 1 heterocycles. The molecule has 1 saturated heterocycles. The van der Waals surface area contributed by atoms with Crippen LogP contribution in [-0.2, 0) is 22.4 Å². The van der Waals surface area contributed by atoms with Crippen LogP contribution in [-0.4, -0.2) is 23.3 Å². The van der Waals surface area contributed by atoms with Gasteiger partial charge in [0, 0.05) is 31.3 Å². The van der Waals surface area contributed by atoms with Crippen LogP contribution in [0.15, 0.2) is 18.2 Å². The van der Waals surface area contributed by atoms with Gasteiger partial charge in [0.1, 0.15) is 0 Å². The molecule has 4 heteroatoms. The number of hydrogen-bond acceptors (Lipinski definition) is 3. The first-order valence-corrected chi connectivity index (χ1v) is 8.59. The van der Waals surface area contributed by atoms with Crippen LogP contribution in [0.25, 0.3) is 0 Å². The predicted octanol–water partition coefficient (Wildman–Crippen LogP) is 3.44. The molecular formula is C17H23NO2S. The number of benzene rings is 1. The first kappa shape index (κ1) is 16.1. The first-order chi connectivity index (χ1) is 10.1. The van der Waals surface area contributed by atoms with Crippen molar-refractivity contribution in [2.75, 3.05) is 17.2 Å². The molecule has 0 spiro atoms. The van der Waals surface area contributed by atoms with Gasteiger partial charge in [-0.2, -0.15) is 0 Å². The molecule has 3 nitrogen and oxygen atoms in total. The molecule has 0 bridgehead atoms. The standard InChI is InChI=1S/C17H23NO2S/c1-4-14-7-6-8-15(5-2)17(14)18-10-13(9-16(18)20)11-21-12(3)19/h6-8,13H,4-5,9-11H2,1-3H3. The topological polar surface area (TPSA) is 37.4 Å². The van der Waals surface area contributed by atoms with E-state index in [9.17, 15) is 9.59 Å². The second-order valence-electron chi connectivity index (χ2n) is 5.51. The maximum absolute atomic E-state index is 12.4. The number of anilines is 1. The Morgan fingerprint density at radius 2 is 1.90 bits per heavy atom. The second kappa shape index (κ2) is 7.12. The molecule has 1 aliphatic heterocycles. The molecule has 1 fully saturated rings. The molecular weight excluding hydrogens is 282 g/mol. The summed E-state index contributed by atoms with van der Waals surface area (Å²) in [6, 6.07) is 6.30. The minimum Gasteiger partial charge on any atom is -0.312 e. The van der Waals surface area contributed by atoms with E-state index < -0.39 is 0 Å². The van der Waals surface area contributed by atoms with Crippen molar-refractivity contribution in [2.24, 2.45) is 5.92 Å². The molecule has 1 aromatic carbocycles. The number of thioether (sulfide) groups is 1. The second-order valence-corrected chi connectivity index (χ2v) is 6.71. The average Bonchev–Trinajstić information content (AvgIpc) is 2.84. The molecule has 114 valence electrons. The van der Waals surface area contributed by atoms with E-state index in [2.05, 4.69) is 32.0 Å². The Hall–Kier alpha value is -1.29. The fourth-order valence-electron chi connectivity index (χ4n) is 2.91. The average molecular weight is 305 g/mol. The molecule has 0 aromatic heterocycles. The SMILES string of the molecule is CCc1cccc(CC)c1N1CC(CSC(C)=O)CC1=O. The van der Waals surface area contributed by atoms with Gasteiger partial charge in [-0.3, -0.25) is 9.59 Å². The van der Waals surface area contributed by atoms with Crippen molar-refractivity contribution in [1.82, 2.24) is 0 Å².